The van der Waals surface area contributed by atoms with Gasteiger partial charge in [-0.1, -0.05) is 41.3 Å². The van der Waals surface area contributed by atoms with Gasteiger partial charge in [0, 0.05) is 18.8 Å². The molecule has 0 spiro atoms. The van der Waals surface area contributed by atoms with Crippen molar-refractivity contribution < 1.29 is 9.59 Å². The minimum atomic E-state index is -0.284. The van der Waals surface area contributed by atoms with Crippen LogP contribution in [-0.2, 0) is 4.79 Å². The Kier molecular flexibility index (Phi) is 5.81. The summed E-state index contributed by atoms with van der Waals surface area (Å²) in [4.78, 5) is 26.2. The molecular formula is C16H18N4O2S2. The third-order valence-corrected chi connectivity index (χ3v) is 5.70. The molecule has 6 nitrogen and oxygen atoms in total. The first-order valence-corrected chi connectivity index (χ1v) is 9.63. The SMILES string of the molecule is O=C(Nc1ccccc1)c1nnc(SCC(=O)N2CCCCC2)s1. The largest absolute Gasteiger partial charge is 0.342 e. The van der Waals surface area contributed by atoms with Gasteiger partial charge in [-0.05, 0) is 31.4 Å². The van der Waals surface area contributed by atoms with Gasteiger partial charge in [-0.2, -0.15) is 0 Å². The summed E-state index contributed by atoms with van der Waals surface area (Å²) in [6.07, 6.45) is 3.37. The number of amides is 2. The van der Waals surface area contributed by atoms with Crippen LogP contribution in [0.15, 0.2) is 34.7 Å². The van der Waals surface area contributed by atoms with E-state index in [1.807, 2.05) is 35.2 Å². The average Bonchev–Trinajstić information content (AvgIpc) is 3.10. The molecule has 1 aromatic heterocycles. The van der Waals surface area contributed by atoms with Crippen molar-refractivity contribution in [3.63, 3.8) is 0 Å². The van der Waals surface area contributed by atoms with Crippen LogP contribution in [0, 0.1) is 0 Å². The van der Waals surface area contributed by atoms with Gasteiger partial charge in [0.05, 0.1) is 5.75 Å². The third-order valence-electron chi connectivity index (χ3n) is 3.66. The summed E-state index contributed by atoms with van der Waals surface area (Å²) in [6.45, 7) is 1.69. The minimum Gasteiger partial charge on any atom is -0.342 e. The summed E-state index contributed by atoms with van der Waals surface area (Å²) >= 11 is 2.55. The normalized spacial score (nSPS) is 14.4. The molecule has 1 fully saturated rings. The van der Waals surface area contributed by atoms with Crippen LogP contribution >= 0.6 is 23.1 Å². The fraction of sp³-hybridized carbons (Fsp3) is 0.375. The van der Waals surface area contributed by atoms with E-state index in [-0.39, 0.29) is 11.8 Å². The molecule has 0 saturated carbocycles. The third kappa shape index (κ3) is 4.55. The highest BCUT2D eigenvalue weighted by atomic mass is 32.2. The second kappa shape index (κ2) is 8.25. The number of aromatic nitrogens is 2. The van der Waals surface area contributed by atoms with E-state index in [1.165, 1.54) is 29.5 Å². The molecule has 8 heteroatoms. The van der Waals surface area contributed by atoms with Gasteiger partial charge < -0.3 is 10.2 Å². The summed E-state index contributed by atoms with van der Waals surface area (Å²) < 4.78 is 0.638. The predicted octanol–water partition coefficient (Wildman–Crippen LogP) is 2.90. The number of thioether (sulfide) groups is 1. The van der Waals surface area contributed by atoms with Crippen molar-refractivity contribution in [2.75, 3.05) is 24.2 Å². The van der Waals surface area contributed by atoms with Crippen LogP contribution in [0.3, 0.4) is 0 Å². The lowest BCUT2D eigenvalue weighted by Gasteiger charge is -2.26. The van der Waals surface area contributed by atoms with Crippen molar-refractivity contribution in [1.82, 2.24) is 15.1 Å². The number of nitrogens with one attached hydrogen (secondary N) is 1. The summed E-state index contributed by atoms with van der Waals surface area (Å²) in [5.41, 5.74) is 0.715. The van der Waals surface area contributed by atoms with Crippen molar-refractivity contribution in [2.45, 2.75) is 23.6 Å². The standard InChI is InChI=1S/C16H18N4O2S2/c21-13(20-9-5-2-6-10-20)11-23-16-19-18-15(24-16)14(22)17-12-7-3-1-4-8-12/h1,3-4,7-8H,2,5-6,9-11H2,(H,17,22). The van der Waals surface area contributed by atoms with Gasteiger partial charge in [0.2, 0.25) is 10.9 Å². The number of hydrogen-bond donors (Lipinski definition) is 1. The van der Waals surface area contributed by atoms with E-state index in [2.05, 4.69) is 15.5 Å². The van der Waals surface area contributed by atoms with E-state index in [1.54, 1.807) is 0 Å². The lowest BCUT2D eigenvalue weighted by Crippen LogP contribution is -2.36. The average molecular weight is 362 g/mol. The molecule has 1 aliphatic rings. The molecule has 0 unspecified atom stereocenters. The molecule has 0 aliphatic carbocycles. The lowest BCUT2D eigenvalue weighted by molar-refractivity contribution is -0.129. The Morgan fingerprint density at radius 2 is 1.88 bits per heavy atom. The zero-order chi connectivity index (χ0) is 16.8. The van der Waals surface area contributed by atoms with Crippen molar-refractivity contribution in [3.05, 3.63) is 35.3 Å². The highest BCUT2D eigenvalue weighted by Crippen LogP contribution is 2.24. The maximum atomic E-state index is 12.1. The molecule has 126 valence electrons. The number of anilines is 1. The van der Waals surface area contributed by atoms with Crippen LogP contribution in [0.2, 0.25) is 0 Å². The number of nitrogens with zero attached hydrogens (tertiary/aromatic N) is 3. The molecule has 2 amide bonds. The second-order valence-electron chi connectivity index (χ2n) is 5.42. The van der Waals surface area contributed by atoms with E-state index in [9.17, 15) is 9.59 Å². The van der Waals surface area contributed by atoms with Crippen LogP contribution < -0.4 is 5.32 Å². The predicted molar refractivity (Wildman–Crippen MR) is 95.5 cm³/mol. The van der Waals surface area contributed by atoms with Gasteiger partial charge in [0.15, 0.2) is 4.34 Å². The molecule has 0 atom stereocenters. The van der Waals surface area contributed by atoms with Gasteiger partial charge in [-0.25, -0.2) is 0 Å². The molecule has 0 radical (unpaired) electrons. The van der Waals surface area contributed by atoms with Crippen molar-refractivity contribution in [1.29, 1.82) is 0 Å². The highest BCUT2D eigenvalue weighted by Gasteiger charge is 2.18. The number of carbonyl (C=O) groups is 2. The summed E-state index contributed by atoms with van der Waals surface area (Å²) in [5, 5.41) is 11.0. The Morgan fingerprint density at radius 1 is 1.12 bits per heavy atom. The Balaban J connectivity index is 1.51. The summed E-state index contributed by atoms with van der Waals surface area (Å²) in [5.74, 6) is 0.188. The second-order valence-corrected chi connectivity index (χ2v) is 7.62. The van der Waals surface area contributed by atoms with Crippen LogP contribution in [-0.4, -0.2) is 45.8 Å². The molecule has 24 heavy (non-hydrogen) atoms. The molecule has 2 heterocycles. The number of benzene rings is 1. The van der Waals surface area contributed by atoms with Gasteiger partial charge in [0.25, 0.3) is 5.91 Å². The van der Waals surface area contributed by atoms with Crippen molar-refractivity contribution in [3.8, 4) is 0 Å². The molecule has 3 rings (SSSR count). The maximum Gasteiger partial charge on any atom is 0.286 e. The van der Waals surface area contributed by atoms with E-state index in [0.717, 1.165) is 25.9 Å². The van der Waals surface area contributed by atoms with Gasteiger partial charge >= 0.3 is 0 Å². The summed E-state index contributed by atoms with van der Waals surface area (Å²) in [7, 11) is 0. The lowest BCUT2D eigenvalue weighted by atomic mass is 10.1. The van der Waals surface area contributed by atoms with Gasteiger partial charge in [-0.3, -0.25) is 9.59 Å². The molecule has 2 aromatic rings. The Bertz CT molecular complexity index is 699. The Hall–Kier alpha value is -1.93. The topological polar surface area (TPSA) is 75.2 Å². The smallest absolute Gasteiger partial charge is 0.286 e. The highest BCUT2D eigenvalue weighted by molar-refractivity contribution is 8.01. The molecule has 1 N–H and O–H groups in total. The van der Waals surface area contributed by atoms with E-state index in [4.69, 9.17) is 0 Å². The number of carbonyl (C=O) groups excluding carboxylic acids is 2. The first kappa shape index (κ1) is 16.9. The van der Waals surface area contributed by atoms with E-state index in [0.29, 0.717) is 20.8 Å². The maximum absolute atomic E-state index is 12.1. The number of likely N-dealkylation sites (tertiary alicyclic amines) is 1. The van der Waals surface area contributed by atoms with Gasteiger partial charge in [-0.15, -0.1) is 10.2 Å². The fourth-order valence-corrected chi connectivity index (χ4v) is 4.07. The van der Waals surface area contributed by atoms with Crippen molar-refractivity contribution >= 4 is 40.6 Å². The molecule has 0 bridgehead atoms. The zero-order valence-corrected chi connectivity index (χ0v) is 14.7. The number of para-hydroxylation sites is 1. The monoisotopic (exact) mass is 362 g/mol. The molecule has 1 aromatic carbocycles. The van der Waals surface area contributed by atoms with Crippen LogP contribution in [0.25, 0.3) is 0 Å². The van der Waals surface area contributed by atoms with Crippen LogP contribution in [0.4, 0.5) is 5.69 Å². The zero-order valence-electron chi connectivity index (χ0n) is 13.1. The molecule has 1 aliphatic heterocycles. The van der Waals surface area contributed by atoms with E-state index >= 15 is 0 Å². The van der Waals surface area contributed by atoms with E-state index < -0.39 is 0 Å². The molecule has 1 saturated heterocycles. The first-order chi connectivity index (χ1) is 11.7. The Labute approximate surface area is 148 Å². The quantitative estimate of drug-likeness (QED) is 0.828. The van der Waals surface area contributed by atoms with Crippen molar-refractivity contribution in [2.24, 2.45) is 0 Å². The number of rotatable bonds is 5. The summed E-state index contributed by atoms with van der Waals surface area (Å²) in [6, 6.07) is 9.21. The first-order valence-electron chi connectivity index (χ1n) is 7.83. The number of piperidine rings is 1. The minimum absolute atomic E-state index is 0.130. The Morgan fingerprint density at radius 3 is 2.62 bits per heavy atom. The van der Waals surface area contributed by atoms with Crippen LogP contribution in [0.1, 0.15) is 29.1 Å². The molecular weight excluding hydrogens is 344 g/mol. The van der Waals surface area contributed by atoms with Crippen LogP contribution in [0.5, 0.6) is 0 Å². The number of hydrogen-bond acceptors (Lipinski definition) is 6. The van der Waals surface area contributed by atoms with Gasteiger partial charge in [0.1, 0.15) is 0 Å². The fourth-order valence-electron chi connectivity index (χ4n) is 2.42.